The zero-order chi connectivity index (χ0) is 16.0. The van der Waals surface area contributed by atoms with Gasteiger partial charge in [-0.1, -0.05) is 0 Å². The molecule has 3 N–H and O–H groups in total. The van der Waals surface area contributed by atoms with Crippen LogP contribution in [0.1, 0.15) is 0 Å². The van der Waals surface area contributed by atoms with Crippen molar-refractivity contribution in [2.45, 2.75) is 18.1 Å². The third kappa shape index (κ3) is 6.20. The maximum atomic E-state index is 6.78. The summed E-state index contributed by atoms with van der Waals surface area (Å²) >= 11 is 20.3. The second kappa shape index (κ2) is 8.32. The lowest BCUT2D eigenvalue weighted by atomic mass is 10.9. The molecule has 0 radical (unpaired) electrons. The van der Waals surface area contributed by atoms with Crippen LogP contribution in [0.15, 0.2) is 15.0 Å². The minimum absolute atomic E-state index is 0.613. The highest BCUT2D eigenvalue weighted by atomic mass is 35.6. The van der Waals surface area contributed by atoms with Gasteiger partial charge in [0.25, 0.3) is 23.1 Å². The summed E-state index contributed by atoms with van der Waals surface area (Å²) in [6, 6.07) is 1.84. The summed E-state index contributed by atoms with van der Waals surface area (Å²) in [5.74, 6) is 0. The van der Waals surface area contributed by atoms with E-state index in [1.54, 1.807) is 39.8 Å². The SMILES string of the molecule is CN=CC[Si]1(Cl)N[Si](Cl)(CC=NC)N[Si](Cl)(CC=NC)N1. The van der Waals surface area contributed by atoms with Crippen molar-refractivity contribution in [2.75, 3.05) is 21.1 Å². The minimum Gasteiger partial charge on any atom is -0.311 e. The van der Waals surface area contributed by atoms with Crippen molar-refractivity contribution in [1.29, 1.82) is 0 Å². The van der Waals surface area contributed by atoms with E-state index in [1.165, 1.54) is 0 Å². The second-order valence-electron chi connectivity index (χ2n) is 4.71. The van der Waals surface area contributed by atoms with Crippen LogP contribution in [0.25, 0.3) is 0 Å². The maximum Gasteiger partial charge on any atom is 0.298 e. The summed E-state index contributed by atoms with van der Waals surface area (Å²) in [6.07, 6.45) is 5.39. The molecule has 120 valence electrons. The van der Waals surface area contributed by atoms with Crippen LogP contribution >= 0.6 is 33.2 Å². The average molecular weight is 404 g/mol. The topological polar surface area (TPSA) is 73.2 Å². The summed E-state index contributed by atoms with van der Waals surface area (Å²) in [5, 5.41) is 0. The van der Waals surface area contributed by atoms with E-state index < -0.39 is 23.1 Å². The van der Waals surface area contributed by atoms with E-state index in [9.17, 15) is 0 Å². The fraction of sp³-hybridized carbons (Fsp3) is 0.667. The van der Waals surface area contributed by atoms with Crippen molar-refractivity contribution in [3.63, 3.8) is 0 Å². The molecule has 0 spiro atoms. The molecule has 1 heterocycles. The molecule has 0 amide bonds. The number of hydrogen-bond donors (Lipinski definition) is 3. The number of nitrogens with one attached hydrogen (secondary N) is 3. The van der Waals surface area contributed by atoms with Gasteiger partial charge < -0.3 is 28.9 Å². The fourth-order valence-corrected chi connectivity index (χ4v) is 26.4. The predicted octanol–water partition coefficient (Wildman–Crippen LogP) is 1.40. The van der Waals surface area contributed by atoms with Crippen LogP contribution in [0.4, 0.5) is 0 Å². The first-order valence-corrected chi connectivity index (χ1v) is 16.1. The second-order valence-corrected chi connectivity index (χ2v) is 19.6. The first-order valence-electron chi connectivity index (χ1n) is 6.47. The molecule has 1 rings (SSSR count). The van der Waals surface area contributed by atoms with E-state index in [1.807, 2.05) is 0 Å². The zero-order valence-electron chi connectivity index (χ0n) is 12.3. The van der Waals surface area contributed by atoms with Crippen LogP contribution in [0, 0.1) is 0 Å². The third-order valence-corrected chi connectivity index (χ3v) is 21.1. The van der Waals surface area contributed by atoms with Crippen LogP contribution in [0.3, 0.4) is 0 Å². The Balaban J connectivity index is 3.02. The lowest BCUT2D eigenvalue weighted by Crippen LogP contribution is -2.88. The van der Waals surface area contributed by atoms with Crippen LogP contribution in [0.5, 0.6) is 0 Å². The first-order chi connectivity index (χ1) is 9.80. The first kappa shape index (κ1) is 19.5. The molecule has 0 aliphatic carbocycles. The van der Waals surface area contributed by atoms with Gasteiger partial charge in [0, 0.05) is 39.3 Å². The number of nitrogens with zero attached hydrogens (tertiary/aromatic N) is 3. The molecule has 12 heteroatoms. The van der Waals surface area contributed by atoms with E-state index in [0.717, 1.165) is 0 Å². The molecule has 0 unspecified atom stereocenters. The largest absolute Gasteiger partial charge is 0.311 e. The molecule has 6 nitrogen and oxygen atoms in total. The molecule has 0 aromatic rings. The number of rotatable bonds is 6. The Morgan fingerprint density at radius 1 is 0.667 bits per heavy atom. The van der Waals surface area contributed by atoms with E-state index in [-0.39, 0.29) is 0 Å². The summed E-state index contributed by atoms with van der Waals surface area (Å²) < 4.78 is 10.3. The summed E-state index contributed by atoms with van der Waals surface area (Å²) in [7, 11) is -2.43. The maximum absolute atomic E-state index is 6.78. The summed E-state index contributed by atoms with van der Waals surface area (Å²) in [6.45, 7) is 0. The molecule has 1 fully saturated rings. The summed E-state index contributed by atoms with van der Waals surface area (Å²) in [5.41, 5.74) is 0. The highest BCUT2D eigenvalue weighted by Gasteiger charge is 2.56. The van der Waals surface area contributed by atoms with Crippen molar-refractivity contribution < 1.29 is 0 Å². The van der Waals surface area contributed by atoms with Crippen molar-refractivity contribution in [3.8, 4) is 0 Å². The minimum atomic E-state index is -2.53. The van der Waals surface area contributed by atoms with Crippen molar-refractivity contribution in [2.24, 2.45) is 15.0 Å². The lowest BCUT2D eigenvalue weighted by Gasteiger charge is -2.47. The Morgan fingerprint density at radius 3 is 1.10 bits per heavy atom. The van der Waals surface area contributed by atoms with Crippen molar-refractivity contribution >= 4 is 75.0 Å². The van der Waals surface area contributed by atoms with Gasteiger partial charge in [0.05, 0.1) is 0 Å². The average Bonchev–Trinajstić information content (AvgIpc) is 2.39. The van der Waals surface area contributed by atoms with Crippen LogP contribution < -0.4 is 13.9 Å². The van der Waals surface area contributed by atoms with E-state index in [4.69, 9.17) is 33.2 Å². The number of halogens is 3. The zero-order valence-corrected chi connectivity index (χ0v) is 17.6. The lowest BCUT2D eigenvalue weighted by molar-refractivity contribution is 1.09. The van der Waals surface area contributed by atoms with Gasteiger partial charge in [0.2, 0.25) is 0 Å². The quantitative estimate of drug-likeness (QED) is 0.356. The third-order valence-electron chi connectivity index (χ3n) is 2.85. The predicted molar refractivity (Wildman–Crippen MR) is 102 cm³/mol. The fourth-order valence-electron chi connectivity index (χ4n) is 1.99. The number of aliphatic imine (C=N–C) groups is 3. The van der Waals surface area contributed by atoms with Crippen LogP contribution in [0.2, 0.25) is 18.1 Å². The van der Waals surface area contributed by atoms with E-state index in [0.29, 0.717) is 18.1 Å². The Morgan fingerprint density at radius 2 is 0.905 bits per heavy atom. The molecule has 1 saturated heterocycles. The van der Waals surface area contributed by atoms with Gasteiger partial charge in [-0.25, -0.2) is 0 Å². The molecular formula is C9H21Cl3N6Si3. The highest BCUT2D eigenvalue weighted by Crippen LogP contribution is 2.26. The molecule has 0 saturated carbocycles. The van der Waals surface area contributed by atoms with E-state index >= 15 is 0 Å². The standard InChI is InChI=1S/C9H21Cl3N6Si3/c1-13-4-7-19(10)16-20(11,8-5-14-2)18-21(12,17-19)9-6-15-3/h4-6,16-18H,7-9H2,1-3H3. The Bertz CT molecular complexity index is 365. The highest BCUT2D eigenvalue weighted by molar-refractivity contribution is 7.41. The molecule has 1 aliphatic heterocycles. The van der Waals surface area contributed by atoms with Gasteiger partial charge >= 0.3 is 0 Å². The Kier molecular flexibility index (Phi) is 7.70. The molecule has 0 bridgehead atoms. The smallest absolute Gasteiger partial charge is 0.298 e. The number of hydrogen-bond acceptors (Lipinski definition) is 6. The van der Waals surface area contributed by atoms with Gasteiger partial charge in [-0.3, -0.25) is 0 Å². The Hall–Kier alpha value is 0.411. The van der Waals surface area contributed by atoms with Crippen molar-refractivity contribution in [3.05, 3.63) is 0 Å². The molecule has 0 aromatic carbocycles. The monoisotopic (exact) mass is 402 g/mol. The van der Waals surface area contributed by atoms with Crippen LogP contribution in [-0.4, -0.2) is 62.9 Å². The molecule has 0 aromatic heterocycles. The molecule has 21 heavy (non-hydrogen) atoms. The van der Waals surface area contributed by atoms with Gasteiger partial charge in [-0.05, 0) is 18.6 Å². The normalized spacial score (nSPS) is 38.0. The van der Waals surface area contributed by atoms with E-state index in [2.05, 4.69) is 28.9 Å². The Labute approximate surface area is 143 Å². The van der Waals surface area contributed by atoms with Gasteiger partial charge in [0.15, 0.2) is 0 Å². The molecule has 1 aliphatic rings. The summed E-state index contributed by atoms with van der Waals surface area (Å²) in [4.78, 5) is 12.0. The van der Waals surface area contributed by atoms with Gasteiger partial charge in [-0.2, -0.15) is 0 Å². The van der Waals surface area contributed by atoms with Gasteiger partial charge in [0.1, 0.15) is 0 Å². The molecular weight excluding hydrogens is 383 g/mol. The van der Waals surface area contributed by atoms with Gasteiger partial charge in [-0.15, -0.1) is 33.2 Å². The van der Waals surface area contributed by atoms with Crippen molar-refractivity contribution in [1.82, 2.24) is 13.9 Å². The van der Waals surface area contributed by atoms with Crippen LogP contribution in [-0.2, 0) is 0 Å². The molecule has 0 atom stereocenters.